The molecule has 1 amide bonds. The van der Waals surface area contributed by atoms with Crippen LogP contribution in [-0.4, -0.2) is 30.5 Å². The molecule has 104 valence electrons. The van der Waals surface area contributed by atoms with E-state index in [1.165, 1.54) is 18.9 Å². The van der Waals surface area contributed by atoms with Crippen LogP contribution in [0.5, 0.6) is 0 Å². The second kappa shape index (κ2) is 8.42. The molecule has 0 aliphatic carbocycles. The van der Waals surface area contributed by atoms with Gasteiger partial charge in [0.15, 0.2) is 0 Å². The molecule has 0 saturated carbocycles. The van der Waals surface area contributed by atoms with E-state index in [-0.39, 0.29) is 11.9 Å². The number of amides is 1. The van der Waals surface area contributed by atoms with Gasteiger partial charge in [-0.05, 0) is 36.4 Å². The van der Waals surface area contributed by atoms with Crippen LogP contribution in [-0.2, 0) is 14.3 Å². The summed E-state index contributed by atoms with van der Waals surface area (Å²) < 4.78 is 4.52. The smallest absolute Gasteiger partial charge is 0.315 e. The zero-order chi connectivity index (χ0) is 14.1. The second-order valence-corrected chi connectivity index (χ2v) is 5.01. The van der Waals surface area contributed by atoms with Crippen LogP contribution in [0.3, 0.4) is 0 Å². The van der Waals surface area contributed by atoms with Gasteiger partial charge in [0, 0.05) is 17.8 Å². The summed E-state index contributed by atoms with van der Waals surface area (Å²) in [5, 5.41) is 2.78. The van der Waals surface area contributed by atoms with Crippen LogP contribution in [0.25, 0.3) is 0 Å². The minimum atomic E-state index is -0.240. The molecule has 3 N–H and O–H groups in total. The Morgan fingerprint density at radius 1 is 1.32 bits per heavy atom. The quantitative estimate of drug-likeness (QED) is 0.453. The van der Waals surface area contributed by atoms with E-state index >= 15 is 0 Å². The lowest BCUT2D eigenvalue weighted by Crippen LogP contribution is -2.11. The Bertz CT molecular complexity index is 420. The minimum absolute atomic E-state index is 0.0385. The van der Waals surface area contributed by atoms with Crippen molar-refractivity contribution in [3.63, 3.8) is 0 Å². The number of carbonyl (C=O) groups is 2. The van der Waals surface area contributed by atoms with Gasteiger partial charge in [-0.2, -0.15) is 11.8 Å². The first kappa shape index (κ1) is 15.4. The Kier molecular flexibility index (Phi) is 6.81. The lowest BCUT2D eigenvalue weighted by molar-refractivity contribution is -0.137. The molecule has 5 nitrogen and oxygen atoms in total. The van der Waals surface area contributed by atoms with Gasteiger partial charge in [0.2, 0.25) is 5.91 Å². The number of methoxy groups -OCH3 is 1. The molecule has 0 heterocycles. The standard InChI is InChI=1S/C13H18N2O3S/c1-18-13(17)9-19-8-2-3-12(16)15-11-6-4-10(14)5-7-11/h4-7H,2-3,8-9,14H2,1H3,(H,15,16). The number of nitrogen functional groups attached to an aromatic ring is 1. The normalized spacial score (nSPS) is 9.95. The predicted molar refractivity (Wildman–Crippen MR) is 78.1 cm³/mol. The highest BCUT2D eigenvalue weighted by atomic mass is 32.2. The van der Waals surface area contributed by atoms with Crippen molar-refractivity contribution < 1.29 is 14.3 Å². The van der Waals surface area contributed by atoms with Gasteiger partial charge >= 0.3 is 5.97 Å². The first-order valence-corrected chi connectivity index (χ1v) is 7.07. The average Bonchev–Trinajstić information content (AvgIpc) is 2.40. The fraction of sp³-hybridized carbons (Fsp3) is 0.385. The van der Waals surface area contributed by atoms with E-state index in [1.54, 1.807) is 24.3 Å². The van der Waals surface area contributed by atoms with Gasteiger partial charge in [0.1, 0.15) is 0 Å². The minimum Gasteiger partial charge on any atom is -0.468 e. The monoisotopic (exact) mass is 282 g/mol. The van der Waals surface area contributed by atoms with Gasteiger partial charge in [-0.1, -0.05) is 0 Å². The zero-order valence-corrected chi connectivity index (χ0v) is 11.7. The van der Waals surface area contributed by atoms with E-state index in [0.29, 0.717) is 17.9 Å². The Labute approximate surface area is 116 Å². The molecule has 0 aliphatic heterocycles. The fourth-order valence-corrected chi connectivity index (χ4v) is 2.12. The molecule has 0 bridgehead atoms. The van der Waals surface area contributed by atoms with Crippen molar-refractivity contribution in [2.75, 3.05) is 29.7 Å². The van der Waals surface area contributed by atoms with E-state index in [1.807, 2.05) is 0 Å². The van der Waals surface area contributed by atoms with Crippen LogP contribution in [0.15, 0.2) is 24.3 Å². The van der Waals surface area contributed by atoms with Crippen molar-refractivity contribution in [3.05, 3.63) is 24.3 Å². The number of anilines is 2. The summed E-state index contributed by atoms with van der Waals surface area (Å²) in [5.74, 6) is 0.806. The molecule has 19 heavy (non-hydrogen) atoms. The summed E-state index contributed by atoms with van der Waals surface area (Å²) in [6, 6.07) is 7.00. The number of hydrogen-bond acceptors (Lipinski definition) is 5. The Balaban J connectivity index is 2.14. The fourth-order valence-electron chi connectivity index (χ4n) is 1.34. The lowest BCUT2D eigenvalue weighted by Gasteiger charge is -2.05. The van der Waals surface area contributed by atoms with E-state index in [4.69, 9.17) is 5.73 Å². The van der Waals surface area contributed by atoms with Gasteiger partial charge in [-0.3, -0.25) is 9.59 Å². The zero-order valence-electron chi connectivity index (χ0n) is 10.8. The number of nitrogens with one attached hydrogen (secondary N) is 1. The van der Waals surface area contributed by atoms with E-state index in [2.05, 4.69) is 10.1 Å². The van der Waals surface area contributed by atoms with Crippen molar-refractivity contribution in [2.45, 2.75) is 12.8 Å². The van der Waals surface area contributed by atoms with Crippen LogP contribution in [0.2, 0.25) is 0 Å². The van der Waals surface area contributed by atoms with Crippen LogP contribution >= 0.6 is 11.8 Å². The maximum atomic E-state index is 11.6. The summed E-state index contributed by atoms with van der Waals surface area (Å²) in [6.07, 6.45) is 1.15. The molecule has 1 aromatic carbocycles. The average molecular weight is 282 g/mol. The number of thioether (sulfide) groups is 1. The van der Waals surface area contributed by atoms with Crippen LogP contribution in [0.1, 0.15) is 12.8 Å². The van der Waals surface area contributed by atoms with Crippen LogP contribution < -0.4 is 11.1 Å². The summed E-state index contributed by atoms with van der Waals surface area (Å²) >= 11 is 1.47. The largest absolute Gasteiger partial charge is 0.468 e. The number of esters is 1. The van der Waals surface area contributed by atoms with E-state index < -0.39 is 0 Å². The lowest BCUT2D eigenvalue weighted by atomic mass is 10.2. The van der Waals surface area contributed by atoms with Crippen molar-refractivity contribution >= 4 is 35.0 Å². The molecule has 0 atom stereocenters. The Hall–Kier alpha value is -1.69. The topological polar surface area (TPSA) is 81.4 Å². The molecule has 0 radical (unpaired) electrons. The summed E-state index contributed by atoms with van der Waals surface area (Å²) in [4.78, 5) is 22.5. The molecule has 0 aliphatic rings. The van der Waals surface area contributed by atoms with Gasteiger partial charge in [0.25, 0.3) is 0 Å². The highest BCUT2D eigenvalue weighted by molar-refractivity contribution is 7.99. The van der Waals surface area contributed by atoms with Gasteiger partial charge in [-0.15, -0.1) is 0 Å². The van der Waals surface area contributed by atoms with Crippen LogP contribution in [0.4, 0.5) is 11.4 Å². The molecule has 0 unspecified atom stereocenters. The molecule has 1 rings (SSSR count). The van der Waals surface area contributed by atoms with Crippen molar-refractivity contribution in [1.29, 1.82) is 0 Å². The molecule has 0 aromatic heterocycles. The molecule has 0 spiro atoms. The molecule has 6 heteroatoms. The third-order valence-corrected chi connectivity index (χ3v) is 3.35. The number of nitrogens with two attached hydrogens (primary N) is 1. The van der Waals surface area contributed by atoms with Crippen LogP contribution in [0, 0.1) is 0 Å². The van der Waals surface area contributed by atoms with Crippen molar-refractivity contribution in [1.82, 2.24) is 0 Å². The maximum Gasteiger partial charge on any atom is 0.315 e. The number of benzene rings is 1. The highest BCUT2D eigenvalue weighted by Gasteiger charge is 2.03. The SMILES string of the molecule is COC(=O)CSCCCC(=O)Nc1ccc(N)cc1. The Morgan fingerprint density at radius 2 is 2.00 bits per heavy atom. The molecule has 1 aromatic rings. The molecule has 0 fully saturated rings. The molecular weight excluding hydrogens is 264 g/mol. The highest BCUT2D eigenvalue weighted by Crippen LogP contribution is 2.11. The second-order valence-electron chi connectivity index (χ2n) is 3.90. The van der Waals surface area contributed by atoms with Crippen molar-refractivity contribution in [2.24, 2.45) is 0 Å². The Morgan fingerprint density at radius 3 is 2.63 bits per heavy atom. The summed E-state index contributed by atoms with van der Waals surface area (Å²) in [7, 11) is 1.36. The van der Waals surface area contributed by atoms with Gasteiger partial charge in [-0.25, -0.2) is 0 Å². The summed E-state index contributed by atoms with van der Waals surface area (Å²) in [5.41, 5.74) is 6.96. The van der Waals surface area contributed by atoms with E-state index in [0.717, 1.165) is 17.9 Å². The summed E-state index contributed by atoms with van der Waals surface area (Å²) in [6.45, 7) is 0. The van der Waals surface area contributed by atoms with E-state index in [9.17, 15) is 9.59 Å². The van der Waals surface area contributed by atoms with Crippen molar-refractivity contribution in [3.8, 4) is 0 Å². The molecular formula is C13H18N2O3S. The number of ether oxygens (including phenoxy) is 1. The number of hydrogen-bond donors (Lipinski definition) is 2. The number of rotatable bonds is 7. The number of carbonyl (C=O) groups excluding carboxylic acids is 2. The van der Waals surface area contributed by atoms with Gasteiger partial charge < -0.3 is 15.8 Å². The third kappa shape index (κ3) is 6.71. The first-order valence-electron chi connectivity index (χ1n) is 5.92. The molecule has 0 saturated heterocycles. The third-order valence-electron chi connectivity index (χ3n) is 2.33. The maximum absolute atomic E-state index is 11.6. The van der Waals surface area contributed by atoms with Gasteiger partial charge in [0.05, 0.1) is 12.9 Å². The first-order chi connectivity index (χ1) is 9.11. The predicted octanol–water partition coefficient (Wildman–Crippen LogP) is 1.89.